The summed E-state index contributed by atoms with van der Waals surface area (Å²) in [4.78, 5) is 2.29. The zero-order chi connectivity index (χ0) is 38.2. The summed E-state index contributed by atoms with van der Waals surface area (Å²) in [6, 6.07) is 78.8. The third-order valence-electron chi connectivity index (χ3n) is 12.3. The molecular formula is C55H36N2O. The molecule has 0 radical (unpaired) electrons. The van der Waals surface area contributed by atoms with Crippen molar-refractivity contribution in [2.45, 2.75) is 5.41 Å². The lowest BCUT2D eigenvalue weighted by Gasteiger charge is -2.45. The second kappa shape index (κ2) is 12.7. The van der Waals surface area contributed by atoms with E-state index in [-0.39, 0.29) is 0 Å². The molecule has 0 saturated carbocycles. The number of aromatic nitrogens is 1. The Bertz CT molecular complexity index is 3140. The van der Waals surface area contributed by atoms with Crippen molar-refractivity contribution in [2.24, 2.45) is 0 Å². The Hall–Kier alpha value is -7.62. The molecule has 1 atom stereocenters. The van der Waals surface area contributed by atoms with E-state index in [9.17, 15) is 0 Å². The van der Waals surface area contributed by atoms with Gasteiger partial charge in [-0.1, -0.05) is 164 Å². The maximum atomic E-state index is 7.06. The molecule has 2 aliphatic rings. The van der Waals surface area contributed by atoms with Crippen LogP contribution in [-0.4, -0.2) is 4.57 Å². The largest absolute Gasteiger partial charge is 0.456 e. The summed E-state index contributed by atoms with van der Waals surface area (Å²) in [7, 11) is 0. The minimum atomic E-state index is -0.601. The van der Waals surface area contributed by atoms with Crippen LogP contribution >= 0.6 is 0 Å². The van der Waals surface area contributed by atoms with Gasteiger partial charge in [0, 0.05) is 44.5 Å². The average Bonchev–Trinajstić information content (AvgIpc) is 3.64. The molecule has 3 heterocycles. The standard InChI is InChI=1S/C55H36N2O/c1-3-15-40(16-4-1)56(41-17-5-2-6-18-41)42-35-33-38(34-36-42)37-29-31-39(32-30-37)43-20-13-25-49-54(43)58-52-28-12-9-23-47(52)55(49)46-22-8-11-27-51(46)57-50-26-10-7-19-44(50)45-21-14-24-48(55)53(45)57/h1-36H. The van der Waals surface area contributed by atoms with Gasteiger partial charge in [-0.2, -0.15) is 0 Å². The first-order valence-electron chi connectivity index (χ1n) is 19.9. The molecule has 3 nitrogen and oxygen atoms in total. The van der Waals surface area contributed by atoms with Crippen molar-refractivity contribution in [1.82, 2.24) is 4.57 Å². The Morgan fingerprint density at radius 3 is 1.67 bits per heavy atom. The number of anilines is 3. The van der Waals surface area contributed by atoms with Crippen LogP contribution in [0.5, 0.6) is 11.5 Å². The number of rotatable bonds is 5. The van der Waals surface area contributed by atoms with Crippen molar-refractivity contribution in [3.8, 4) is 39.4 Å². The van der Waals surface area contributed by atoms with E-state index in [2.05, 4.69) is 228 Å². The number of ether oxygens (including phenoxy) is 1. The number of para-hydroxylation sites is 7. The fourth-order valence-electron chi connectivity index (χ4n) is 9.82. The van der Waals surface area contributed by atoms with Crippen LogP contribution in [0.4, 0.5) is 17.1 Å². The van der Waals surface area contributed by atoms with Gasteiger partial charge in [0.05, 0.1) is 22.1 Å². The van der Waals surface area contributed by atoms with Gasteiger partial charge < -0.3 is 14.2 Å². The molecule has 0 bridgehead atoms. The number of nitrogens with zero attached hydrogens (tertiary/aromatic N) is 2. The molecule has 12 rings (SSSR count). The quantitative estimate of drug-likeness (QED) is 0.175. The highest BCUT2D eigenvalue weighted by atomic mass is 16.5. The molecule has 1 unspecified atom stereocenters. The van der Waals surface area contributed by atoms with Crippen LogP contribution in [0.3, 0.4) is 0 Å². The molecule has 0 fully saturated rings. The Kier molecular flexibility index (Phi) is 7.14. The van der Waals surface area contributed by atoms with Crippen LogP contribution in [0, 0.1) is 0 Å². The zero-order valence-electron chi connectivity index (χ0n) is 31.6. The number of hydrogen-bond donors (Lipinski definition) is 0. The van der Waals surface area contributed by atoms with Gasteiger partial charge in [-0.25, -0.2) is 0 Å². The van der Waals surface area contributed by atoms with Crippen molar-refractivity contribution in [3.63, 3.8) is 0 Å². The van der Waals surface area contributed by atoms with E-state index in [0.717, 1.165) is 61.9 Å². The normalized spacial score (nSPS) is 14.8. The van der Waals surface area contributed by atoms with E-state index in [1.165, 1.54) is 38.6 Å². The van der Waals surface area contributed by atoms with Crippen molar-refractivity contribution >= 4 is 38.9 Å². The summed E-state index contributed by atoms with van der Waals surface area (Å²) in [6.45, 7) is 0. The van der Waals surface area contributed by atoms with Crippen molar-refractivity contribution in [1.29, 1.82) is 0 Å². The number of fused-ring (bicyclic) bond motifs is 11. The zero-order valence-corrected chi connectivity index (χ0v) is 31.6. The Morgan fingerprint density at radius 2 is 0.914 bits per heavy atom. The Morgan fingerprint density at radius 1 is 0.379 bits per heavy atom. The highest BCUT2D eigenvalue weighted by Gasteiger charge is 2.50. The SMILES string of the molecule is c1ccc(N(c2ccccc2)c2ccc(-c3ccc(-c4cccc5c4Oc4ccccc4C54c5ccccc5-n5c6ccccc6c6cccc4c65)cc3)cc2)cc1. The van der Waals surface area contributed by atoms with E-state index in [4.69, 9.17) is 4.74 Å². The van der Waals surface area contributed by atoms with Crippen LogP contribution in [0.2, 0.25) is 0 Å². The van der Waals surface area contributed by atoms with E-state index in [1.807, 2.05) is 0 Å². The molecule has 0 amide bonds. The summed E-state index contributed by atoms with van der Waals surface area (Å²) in [5, 5.41) is 2.53. The van der Waals surface area contributed by atoms with Crippen LogP contribution in [0.15, 0.2) is 218 Å². The van der Waals surface area contributed by atoms with Crippen molar-refractivity contribution in [3.05, 3.63) is 241 Å². The Labute approximate surface area is 337 Å². The first-order chi connectivity index (χ1) is 28.8. The molecule has 1 spiro atoms. The topological polar surface area (TPSA) is 17.4 Å². The van der Waals surface area contributed by atoms with Crippen molar-refractivity contribution in [2.75, 3.05) is 4.90 Å². The number of benzene rings is 9. The summed E-state index contributed by atoms with van der Waals surface area (Å²) >= 11 is 0. The summed E-state index contributed by atoms with van der Waals surface area (Å²) in [5.41, 5.74) is 15.8. The molecular weight excluding hydrogens is 705 g/mol. The highest BCUT2D eigenvalue weighted by molar-refractivity contribution is 6.12. The van der Waals surface area contributed by atoms with Gasteiger partial charge in [0.25, 0.3) is 0 Å². The van der Waals surface area contributed by atoms with E-state index in [1.54, 1.807) is 0 Å². The molecule has 0 aliphatic carbocycles. The predicted octanol–water partition coefficient (Wildman–Crippen LogP) is 14.4. The lowest BCUT2D eigenvalue weighted by Crippen LogP contribution is -2.37. The van der Waals surface area contributed by atoms with Crippen LogP contribution in [0.25, 0.3) is 49.7 Å². The Balaban J connectivity index is 0.992. The molecule has 10 aromatic rings. The monoisotopic (exact) mass is 740 g/mol. The molecule has 0 saturated heterocycles. The van der Waals surface area contributed by atoms with Crippen LogP contribution in [-0.2, 0) is 5.41 Å². The lowest BCUT2D eigenvalue weighted by atomic mass is 9.61. The number of hydrogen-bond acceptors (Lipinski definition) is 2. The molecule has 1 aromatic heterocycles. The minimum Gasteiger partial charge on any atom is -0.456 e. The minimum absolute atomic E-state index is 0.601. The highest BCUT2D eigenvalue weighted by Crippen LogP contribution is 2.61. The molecule has 272 valence electrons. The third kappa shape index (κ3) is 4.62. The van der Waals surface area contributed by atoms with E-state index < -0.39 is 5.41 Å². The fraction of sp³-hybridized carbons (Fsp3) is 0.0182. The third-order valence-corrected chi connectivity index (χ3v) is 12.3. The van der Waals surface area contributed by atoms with Gasteiger partial charge in [0.1, 0.15) is 11.5 Å². The van der Waals surface area contributed by atoms with Gasteiger partial charge in [0.2, 0.25) is 0 Å². The maximum absolute atomic E-state index is 7.06. The van der Waals surface area contributed by atoms with Crippen LogP contribution < -0.4 is 9.64 Å². The predicted molar refractivity (Wildman–Crippen MR) is 238 cm³/mol. The molecule has 9 aromatic carbocycles. The van der Waals surface area contributed by atoms with Gasteiger partial charge in [0.15, 0.2) is 0 Å². The van der Waals surface area contributed by atoms with Gasteiger partial charge in [-0.15, -0.1) is 0 Å². The first kappa shape index (κ1) is 32.6. The molecule has 2 aliphatic heterocycles. The van der Waals surface area contributed by atoms with Gasteiger partial charge in [-0.05, 0) is 82.4 Å². The fourth-order valence-corrected chi connectivity index (χ4v) is 9.82. The first-order valence-corrected chi connectivity index (χ1v) is 19.9. The van der Waals surface area contributed by atoms with Crippen LogP contribution in [0.1, 0.15) is 22.3 Å². The van der Waals surface area contributed by atoms with Gasteiger partial charge >= 0.3 is 0 Å². The van der Waals surface area contributed by atoms with Gasteiger partial charge in [-0.3, -0.25) is 0 Å². The molecule has 0 N–H and O–H groups in total. The summed E-state index contributed by atoms with van der Waals surface area (Å²) in [5.74, 6) is 1.78. The van der Waals surface area contributed by atoms with E-state index in [0.29, 0.717) is 0 Å². The smallest absolute Gasteiger partial charge is 0.140 e. The molecule has 3 heteroatoms. The van der Waals surface area contributed by atoms with E-state index >= 15 is 0 Å². The summed E-state index contributed by atoms with van der Waals surface area (Å²) < 4.78 is 9.54. The lowest BCUT2D eigenvalue weighted by molar-refractivity contribution is 0.435. The maximum Gasteiger partial charge on any atom is 0.140 e. The average molecular weight is 741 g/mol. The summed E-state index contributed by atoms with van der Waals surface area (Å²) in [6.07, 6.45) is 0. The van der Waals surface area contributed by atoms with Crippen molar-refractivity contribution < 1.29 is 4.74 Å². The molecule has 58 heavy (non-hydrogen) atoms. The second-order valence-corrected chi connectivity index (χ2v) is 15.2. The second-order valence-electron chi connectivity index (χ2n) is 15.2.